The summed E-state index contributed by atoms with van der Waals surface area (Å²) in [6.45, 7) is 10.3. The van der Waals surface area contributed by atoms with Crippen molar-refractivity contribution in [3.05, 3.63) is 21.3 Å². The van der Waals surface area contributed by atoms with Gasteiger partial charge in [-0.05, 0) is 58.0 Å². The lowest BCUT2D eigenvalue weighted by Crippen LogP contribution is -2.53. The standard InChI is InChI=1S/C15H25ClN2S/c1-4-15(3,18-10-6-7-11-18)14(17-5-2)12-8-9-13(16)19-12/h8-9,14,17H,4-7,10-11H2,1-3H3. The highest BCUT2D eigenvalue weighted by Crippen LogP contribution is 2.39. The Labute approximate surface area is 126 Å². The van der Waals surface area contributed by atoms with Crippen molar-refractivity contribution in [2.75, 3.05) is 19.6 Å². The molecule has 0 aliphatic carbocycles. The van der Waals surface area contributed by atoms with E-state index >= 15 is 0 Å². The summed E-state index contributed by atoms with van der Waals surface area (Å²) < 4.78 is 0.887. The van der Waals surface area contributed by atoms with Crippen LogP contribution < -0.4 is 5.32 Å². The van der Waals surface area contributed by atoms with Crippen molar-refractivity contribution in [3.8, 4) is 0 Å². The average Bonchev–Trinajstić information content (AvgIpc) is 3.06. The van der Waals surface area contributed by atoms with Crippen LogP contribution in [0.3, 0.4) is 0 Å². The summed E-state index contributed by atoms with van der Waals surface area (Å²) in [6.07, 6.45) is 3.82. The molecule has 108 valence electrons. The number of likely N-dealkylation sites (tertiary alicyclic amines) is 1. The molecule has 0 saturated carbocycles. The summed E-state index contributed by atoms with van der Waals surface area (Å²) in [5, 5.41) is 3.69. The number of hydrogen-bond donors (Lipinski definition) is 1. The molecule has 1 saturated heterocycles. The van der Waals surface area contributed by atoms with Crippen LogP contribution in [-0.2, 0) is 0 Å². The Morgan fingerprint density at radius 3 is 2.53 bits per heavy atom. The van der Waals surface area contributed by atoms with Crippen LogP contribution in [-0.4, -0.2) is 30.1 Å². The van der Waals surface area contributed by atoms with Crippen molar-refractivity contribution < 1.29 is 0 Å². The number of thiophene rings is 1. The van der Waals surface area contributed by atoms with Gasteiger partial charge in [-0.3, -0.25) is 4.90 Å². The molecule has 0 spiro atoms. The first-order valence-electron chi connectivity index (χ1n) is 7.35. The van der Waals surface area contributed by atoms with Crippen molar-refractivity contribution in [3.63, 3.8) is 0 Å². The van der Waals surface area contributed by atoms with E-state index in [9.17, 15) is 0 Å². The highest BCUT2D eigenvalue weighted by Gasteiger charge is 2.40. The summed E-state index contributed by atoms with van der Waals surface area (Å²) in [6, 6.07) is 4.58. The number of likely N-dealkylation sites (N-methyl/N-ethyl adjacent to an activating group) is 1. The van der Waals surface area contributed by atoms with Gasteiger partial charge in [0, 0.05) is 10.4 Å². The molecule has 4 heteroatoms. The summed E-state index contributed by atoms with van der Waals surface area (Å²) >= 11 is 7.85. The molecule has 0 aromatic carbocycles. The molecule has 2 atom stereocenters. The molecule has 0 bridgehead atoms. The van der Waals surface area contributed by atoms with Crippen molar-refractivity contribution in [1.82, 2.24) is 10.2 Å². The molecule has 1 fully saturated rings. The van der Waals surface area contributed by atoms with Crippen LogP contribution in [0.25, 0.3) is 0 Å². The van der Waals surface area contributed by atoms with E-state index in [0.717, 1.165) is 17.3 Å². The lowest BCUT2D eigenvalue weighted by atomic mass is 9.86. The highest BCUT2D eigenvalue weighted by molar-refractivity contribution is 7.16. The summed E-state index contributed by atoms with van der Waals surface area (Å²) in [5.74, 6) is 0. The second-order valence-corrected chi connectivity index (χ2v) is 7.28. The summed E-state index contributed by atoms with van der Waals surface area (Å²) in [5.41, 5.74) is 0.181. The van der Waals surface area contributed by atoms with Crippen LogP contribution in [0.5, 0.6) is 0 Å². The fourth-order valence-corrected chi connectivity index (χ4v) is 4.44. The van der Waals surface area contributed by atoms with E-state index in [1.807, 2.05) is 6.07 Å². The normalized spacial score (nSPS) is 21.5. The van der Waals surface area contributed by atoms with Crippen LogP contribution in [0.1, 0.15) is 51.0 Å². The maximum absolute atomic E-state index is 6.13. The predicted octanol–water partition coefficient (Wildman–Crippen LogP) is 4.32. The van der Waals surface area contributed by atoms with Gasteiger partial charge in [0.2, 0.25) is 0 Å². The Hall–Kier alpha value is -0.0900. The number of nitrogens with one attached hydrogen (secondary N) is 1. The van der Waals surface area contributed by atoms with Crippen molar-refractivity contribution in [2.24, 2.45) is 0 Å². The SMILES string of the molecule is CCNC(c1ccc(Cl)s1)C(C)(CC)N1CCCC1. The van der Waals surface area contributed by atoms with Crippen LogP contribution in [0.2, 0.25) is 4.34 Å². The second-order valence-electron chi connectivity index (χ2n) is 5.54. The van der Waals surface area contributed by atoms with E-state index < -0.39 is 0 Å². The van der Waals surface area contributed by atoms with Gasteiger partial charge in [0.1, 0.15) is 0 Å². The fraction of sp³-hybridized carbons (Fsp3) is 0.733. The quantitative estimate of drug-likeness (QED) is 0.842. The summed E-state index contributed by atoms with van der Waals surface area (Å²) in [7, 11) is 0. The van der Waals surface area contributed by atoms with Crippen LogP contribution in [0.4, 0.5) is 0 Å². The molecule has 2 nitrogen and oxygen atoms in total. The van der Waals surface area contributed by atoms with E-state index in [0.29, 0.717) is 6.04 Å². The van der Waals surface area contributed by atoms with E-state index in [1.165, 1.54) is 30.8 Å². The van der Waals surface area contributed by atoms with Gasteiger partial charge in [-0.2, -0.15) is 0 Å². The molecule has 0 amide bonds. The lowest BCUT2D eigenvalue weighted by molar-refractivity contribution is 0.0860. The van der Waals surface area contributed by atoms with Gasteiger partial charge >= 0.3 is 0 Å². The van der Waals surface area contributed by atoms with Crippen LogP contribution >= 0.6 is 22.9 Å². The van der Waals surface area contributed by atoms with Crippen LogP contribution in [0.15, 0.2) is 12.1 Å². The zero-order valence-corrected chi connectivity index (χ0v) is 13.8. The number of nitrogens with zero attached hydrogens (tertiary/aromatic N) is 1. The van der Waals surface area contributed by atoms with Gasteiger partial charge in [0.15, 0.2) is 0 Å². The summed E-state index contributed by atoms with van der Waals surface area (Å²) in [4.78, 5) is 4.02. The van der Waals surface area contributed by atoms with Crippen molar-refractivity contribution in [1.29, 1.82) is 0 Å². The molecular weight excluding hydrogens is 276 g/mol. The average molecular weight is 301 g/mol. The maximum Gasteiger partial charge on any atom is 0.0931 e. The zero-order chi connectivity index (χ0) is 13.9. The maximum atomic E-state index is 6.13. The Morgan fingerprint density at radius 2 is 2.05 bits per heavy atom. The number of rotatable bonds is 6. The molecular formula is C15H25ClN2S. The molecule has 0 radical (unpaired) electrons. The second kappa shape index (κ2) is 6.57. The minimum absolute atomic E-state index is 0.181. The minimum Gasteiger partial charge on any atom is -0.308 e. The van der Waals surface area contributed by atoms with Gasteiger partial charge in [-0.1, -0.05) is 25.4 Å². The van der Waals surface area contributed by atoms with Gasteiger partial charge in [0.05, 0.1) is 10.4 Å². The molecule has 1 aliphatic rings. The number of halogens is 1. The van der Waals surface area contributed by atoms with Crippen molar-refractivity contribution >= 4 is 22.9 Å². The molecule has 19 heavy (non-hydrogen) atoms. The molecule has 1 aliphatic heterocycles. The molecule has 1 aromatic heterocycles. The number of hydrogen-bond acceptors (Lipinski definition) is 3. The molecule has 1 aromatic rings. The third kappa shape index (κ3) is 3.15. The van der Waals surface area contributed by atoms with E-state index in [4.69, 9.17) is 11.6 Å². The smallest absolute Gasteiger partial charge is 0.0931 e. The topological polar surface area (TPSA) is 15.3 Å². The molecule has 2 heterocycles. The zero-order valence-electron chi connectivity index (χ0n) is 12.2. The minimum atomic E-state index is 0.181. The predicted molar refractivity (Wildman–Crippen MR) is 85.2 cm³/mol. The van der Waals surface area contributed by atoms with E-state index in [-0.39, 0.29) is 5.54 Å². The van der Waals surface area contributed by atoms with Crippen molar-refractivity contribution in [2.45, 2.75) is 51.6 Å². The van der Waals surface area contributed by atoms with Gasteiger partial charge in [0.25, 0.3) is 0 Å². The first-order chi connectivity index (χ1) is 9.11. The van der Waals surface area contributed by atoms with E-state index in [2.05, 4.69) is 37.1 Å². The van der Waals surface area contributed by atoms with Gasteiger partial charge < -0.3 is 5.32 Å². The lowest BCUT2D eigenvalue weighted by Gasteiger charge is -2.44. The largest absolute Gasteiger partial charge is 0.308 e. The first kappa shape index (κ1) is 15.3. The van der Waals surface area contributed by atoms with E-state index in [1.54, 1.807) is 11.3 Å². The Kier molecular flexibility index (Phi) is 5.29. The Morgan fingerprint density at radius 1 is 1.37 bits per heavy atom. The monoisotopic (exact) mass is 300 g/mol. The van der Waals surface area contributed by atoms with Gasteiger partial charge in [-0.25, -0.2) is 0 Å². The Balaban J connectivity index is 2.29. The molecule has 1 N–H and O–H groups in total. The third-order valence-electron chi connectivity index (χ3n) is 4.45. The molecule has 2 unspecified atom stereocenters. The van der Waals surface area contributed by atoms with Gasteiger partial charge in [-0.15, -0.1) is 11.3 Å². The first-order valence-corrected chi connectivity index (χ1v) is 8.55. The van der Waals surface area contributed by atoms with Crippen LogP contribution in [0, 0.1) is 0 Å². The Bertz CT molecular complexity index is 401. The highest BCUT2D eigenvalue weighted by atomic mass is 35.5. The third-order valence-corrected chi connectivity index (χ3v) is 5.75. The fourth-order valence-electron chi connectivity index (χ4n) is 3.15. The molecule has 2 rings (SSSR count).